The summed E-state index contributed by atoms with van der Waals surface area (Å²) in [4.78, 5) is 41.0. The minimum absolute atomic E-state index is 0.135. The van der Waals surface area contributed by atoms with E-state index >= 15 is 0 Å². The van der Waals surface area contributed by atoms with Gasteiger partial charge in [0.25, 0.3) is 0 Å². The van der Waals surface area contributed by atoms with Gasteiger partial charge in [-0.05, 0) is 70.3 Å². The molecule has 0 bridgehead atoms. The molecule has 0 radical (unpaired) electrons. The SMILES string of the molecule is CC.CCC(CCN(C)CC1CCNCC1)OCC#Cc1cccc(N(C)C(CCC=O)C(=O)NC)c1N(C)C=O. The van der Waals surface area contributed by atoms with Crippen LogP contribution in [-0.2, 0) is 19.1 Å². The zero-order valence-electron chi connectivity index (χ0n) is 26.4. The molecule has 0 aliphatic carbocycles. The summed E-state index contributed by atoms with van der Waals surface area (Å²) in [6.07, 6.45) is 6.65. The molecule has 1 aromatic rings. The second-order valence-corrected chi connectivity index (χ2v) is 10.3. The van der Waals surface area contributed by atoms with Crippen molar-refractivity contribution in [2.45, 2.75) is 71.4 Å². The molecular weight excluding hydrogens is 518 g/mol. The van der Waals surface area contributed by atoms with Crippen molar-refractivity contribution in [1.29, 1.82) is 0 Å². The van der Waals surface area contributed by atoms with Crippen molar-refractivity contribution in [3.8, 4) is 11.8 Å². The first kappa shape index (κ1) is 36.1. The molecule has 2 amide bonds. The number of anilines is 2. The molecule has 0 aromatic heterocycles. The Bertz CT molecular complexity index is 971. The number of hydrogen-bond donors (Lipinski definition) is 2. The lowest BCUT2D eigenvalue weighted by Crippen LogP contribution is -2.44. The molecule has 1 saturated heterocycles. The molecule has 1 fully saturated rings. The van der Waals surface area contributed by atoms with Crippen LogP contribution < -0.4 is 20.4 Å². The first-order valence-electron chi connectivity index (χ1n) is 15.0. The molecule has 9 heteroatoms. The monoisotopic (exact) mass is 571 g/mol. The van der Waals surface area contributed by atoms with Crippen LogP contribution in [0.5, 0.6) is 0 Å². The number of likely N-dealkylation sites (N-methyl/N-ethyl adjacent to an activating group) is 2. The summed E-state index contributed by atoms with van der Waals surface area (Å²) in [5.74, 6) is 6.87. The highest BCUT2D eigenvalue weighted by Crippen LogP contribution is 2.33. The zero-order valence-corrected chi connectivity index (χ0v) is 26.4. The van der Waals surface area contributed by atoms with Gasteiger partial charge < -0.3 is 34.9 Å². The third kappa shape index (κ3) is 12.2. The molecule has 1 heterocycles. The van der Waals surface area contributed by atoms with E-state index in [1.165, 1.54) is 17.7 Å². The number of amides is 2. The fraction of sp³-hybridized carbons (Fsp3) is 0.656. The Labute approximate surface area is 248 Å². The molecule has 1 aromatic carbocycles. The van der Waals surface area contributed by atoms with Crippen molar-refractivity contribution in [2.24, 2.45) is 5.92 Å². The molecule has 41 heavy (non-hydrogen) atoms. The van der Waals surface area contributed by atoms with Gasteiger partial charge in [0.2, 0.25) is 12.3 Å². The van der Waals surface area contributed by atoms with Gasteiger partial charge in [-0.3, -0.25) is 9.59 Å². The summed E-state index contributed by atoms with van der Waals surface area (Å²) in [6, 6.07) is 4.99. The van der Waals surface area contributed by atoms with Crippen LogP contribution in [0.3, 0.4) is 0 Å². The molecule has 1 aliphatic heterocycles. The molecule has 230 valence electrons. The lowest BCUT2D eigenvalue weighted by Gasteiger charge is -2.31. The number of benzene rings is 1. The Morgan fingerprint density at radius 1 is 1.17 bits per heavy atom. The van der Waals surface area contributed by atoms with Crippen LogP contribution in [0.2, 0.25) is 0 Å². The topological polar surface area (TPSA) is 94.2 Å². The number of carbonyl (C=O) groups excluding carboxylic acids is 3. The predicted molar refractivity (Wildman–Crippen MR) is 168 cm³/mol. The summed E-state index contributed by atoms with van der Waals surface area (Å²) >= 11 is 0. The van der Waals surface area contributed by atoms with Crippen LogP contribution in [0.25, 0.3) is 0 Å². The van der Waals surface area contributed by atoms with E-state index in [9.17, 15) is 14.4 Å². The number of ether oxygens (including phenoxy) is 1. The molecule has 2 rings (SSSR count). The third-order valence-electron chi connectivity index (χ3n) is 7.41. The predicted octanol–water partition coefficient (Wildman–Crippen LogP) is 3.30. The Balaban J connectivity index is 0.00000411. The molecule has 0 saturated carbocycles. The van der Waals surface area contributed by atoms with Gasteiger partial charge in [-0.25, -0.2) is 0 Å². The second-order valence-electron chi connectivity index (χ2n) is 10.3. The fourth-order valence-electron chi connectivity index (χ4n) is 5.06. The van der Waals surface area contributed by atoms with Crippen molar-refractivity contribution in [3.63, 3.8) is 0 Å². The lowest BCUT2D eigenvalue weighted by atomic mass is 9.97. The number of aldehydes is 1. The number of nitrogens with zero attached hydrogens (tertiary/aromatic N) is 3. The number of hydrogen-bond acceptors (Lipinski definition) is 7. The number of piperidine rings is 1. The van der Waals surface area contributed by atoms with Crippen LogP contribution in [0.1, 0.15) is 64.9 Å². The van der Waals surface area contributed by atoms with Crippen LogP contribution >= 0.6 is 0 Å². The highest BCUT2D eigenvalue weighted by atomic mass is 16.5. The van der Waals surface area contributed by atoms with Crippen molar-refractivity contribution >= 4 is 30.0 Å². The van der Waals surface area contributed by atoms with Gasteiger partial charge >= 0.3 is 0 Å². The zero-order chi connectivity index (χ0) is 30.6. The summed E-state index contributed by atoms with van der Waals surface area (Å²) in [5.41, 5.74) is 1.95. The van der Waals surface area contributed by atoms with E-state index in [2.05, 4.69) is 41.3 Å². The second kappa shape index (κ2) is 20.9. The lowest BCUT2D eigenvalue weighted by molar-refractivity contribution is -0.122. The van der Waals surface area contributed by atoms with Gasteiger partial charge in [0.05, 0.1) is 23.0 Å². The maximum atomic E-state index is 12.6. The molecule has 2 N–H and O–H groups in total. The van der Waals surface area contributed by atoms with Gasteiger partial charge in [0.1, 0.15) is 18.9 Å². The van der Waals surface area contributed by atoms with E-state index in [1.54, 1.807) is 26.0 Å². The molecule has 9 nitrogen and oxygen atoms in total. The van der Waals surface area contributed by atoms with E-state index in [4.69, 9.17) is 4.74 Å². The summed E-state index contributed by atoms with van der Waals surface area (Å²) in [5, 5.41) is 6.09. The van der Waals surface area contributed by atoms with Gasteiger partial charge in [0, 0.05) is 40.7 Å². The fourth-order valence-corrected chi connectivity index (χ4v) is 5.06. The Morgan fingerprint density at radius 3 is 2.49 bits per heavy atom. The third-order valence-corrected chi connectivity index (χ3v) is 7.41. The van der Waals surface area contributed by atoms with Gasteiger partial charge in [-0.1, -0.05) is 38.7 Å². The van der Waals surface area contributed by atoms with Gasteiger partial charge in [-0.15, -0.1) is 0 Å². The van der Waals surface area contributed by atoms with E-state index in [1.807, 2.05) is 32.0 Å². The van der Waals surface area contributed by atoms with Crippen LogP contribution in [0.4, 0.5) is 11.4 Å². The number of carbonyl (C=O) groups is 3. The average molecular weight is 572 g/mol. The first-order valence-corrected chi connectivity index (χ1v) is 15.0. The largest absolute Gasteiger partial charge is 0.366 e. The minimum Gasteiger partial charge on any atom is -0.366 e. The van der Waals surface area contributed by atoms with Crippen LogP contribution in [0, 0.1) is 17.8 Å². The van der Waals surface area contributed by atoms with E-state index in [0.29, 0.717) is 30.0 Å². The first-order chi connectivity index (χ1) is 19.9. The summed E-state index contributed by atoms with van der Waals surface area (Å²) in [6.45, 7) is 10.8. The number of para-hydroxylation sites is 1. The maximum absolute atomic E-state index is 12.6. The smallest absolute Gasteiger partial charge is 0.242 e. The van der Waals surface area contributed by atoms with Gasteiger partial charge in [0.15, 0.2) is 0 Å². The quantitative estimate of drug-likeness (QED) is 0.232. The Morgan fingerprint density at radius 2 is 1.88 bits per heavy atom. The highest BCUT2D eigenvalue weighted by Gasteiger charge is 2.25. The van der Waals surface area contributed by atoms with E-state index in [-0.39, 0.29) is 18.4 Å². The van der Waals surface area contributed by atoms with Crippen molar-refractivity contribution in [2.75, 3.05) is 70.8 Å². The molecular formula is C32H53N5O4. The Hall–Kier alpha value is -2.93. The van der Waals surface area contributed by atoms with Gasteiger partial charge in [-0.2, -0.15) is 0 Å². The number of nitrogens with one attached hydrogen (secondary N) is 2. The minimum atomic E-state index is -0.566. The Kier molecular flexibility index (Phi) is 18.4. The normalized spacial score (nSPS) is 14.5. The molecule has 0 spiro atoms. The number of rotatable bonds is 16. The molecule has 2 unspecified atom stereocenters. The van der Waals surface area contributed by atoms with Crippen molar-refractivity contribution in [1.82, 2.24) is 15.5 Å². The summed E-state index contributed by atoms with van der Waals surface area (Å²) < 4.78 is 6.10. The van der Waals surface area contributed by atoms with E-state index < -0.39 is 6.04 Å². The van der Waals surface area contributed by atoms with E-state index in [0.717, 1.165) is 57.6 Å². The average Bonchev–Trinajstić information content (AvgIpc) is 3.01. The van der Waals surface area contributed by atoms with Crippen molar-refractivity contribution in [3.05, 3.63) is 23.8 Å². The maximum Gasteiger partial charge on any atom is 0.242 e. The van der Waals surface area contributed by atoms with Crippen molar-refractivity contribution < 1.29 is 19.1 Å². The molecule has 2 atom stereocenters. The molecule has 1 aliphatic rings. The standard InChI is InChI=1S/C30H47N5O4.C2H6/c1-6-26(16-19-33(3)22-24-14-17-32-18-15-24)39-21-9-11-25-10-7-12-27(29(25)34(4)23-37)35(5)28(13-8-20-36)30(38)31-2;1-2/h7,10,12,20,23-24,26,28,32H,6,8,13-19,21-22H2,1-5H3,(H,31,38);1-2H3. The highest BCUT2D eigenvalue weighted by molar-refractivity contribution is 5.91. The summed E-state index contributed by atoms with van der Waals surface area (Å²) in [7, 11) is 7.21. The van der Waals surface area contributed by atoms with Crippen LogP contribution in [0.15, 0.2) is 18.2 Å². The van der Waals surface area contributed by atoms with Crippen LogP contribution in [-0.4, -0.2) is 96.6 Å².